The maximum atomic E-state index is 13.9. The summed E-state index contributed by atoms with van der Waals surface area (Å²) in [4.78, 5) is 37.8. The van der Waals surface area contributed by atoms with Crippen molar-refractivity contribution in [2.45, 2.75) is 13.3 Å². The molecule has 1 saturated heterocycles. The van der Waals surface area contributed by atoms with Gasteiger partial charge in [0.15, 0.2) is 6.61 Å². The highest BCUT2D eigenvalue weighted by Gasteiger charge is 2.37. The first-order chi connectivity index (χ1) is 13.9. The van der Waals surface area contributed by atoms with Crippen LogP contribution in [0.3, 0.4) is 0 Å². The van der Waals surface area contributed by atoms with Gasteiger partial charge in [-0.25, -0.2) is 4.39 Å². The van der Waals surface area contributed by atoms with Crippen molar-refractivity contribution in [1.29, 1.82) is 0 Å². The van der Waals surface area contributed by atoms with Crippen LogP contribution in [0.15, 0.2) is 42.5 Å². The molecule has 1 aliphatic heterocycles. The number of halogens is 1. The van der Waals surface area contributed by atoms with Crippen molar-refractivity contribution in [2.75, 3.05) is 30.5 Å². The molecule has 152 valence electrons. The number of nitrogens with zero attached hydrogens (tertiary/aromatic N) is 1. The zero-order valence-electron chi connectivity index (χ0n) is 16.1. The van der Waals surface area contributed by atoms with Gasteiger partial charge in [-0.1, -0.05) is 18.2 Å². The zero-order chi connectivity index (χ0) is 21.0. The summed E-state index contributed by atoms with van der Waals surface area (Å²) in [6.45, 7) is 1.37. The molecule has 2 amide bonds. The monoisotopic (exact) mass is 400 g/mol. The highest BCUT2D eigenvalue weighted by atomic mass is 19.1. The number of rotatable bonds is 6. The minimum absolute atomic E-state index is 0.00587. The fourth-order valence-electron chi connectivity index (χ4n) is 3.13. The fourth-order valence-corrected chi connectivity index (χ4v) is 3.13. The summed E-state index contributed by atoms with van der Waals surface area (Å²) in [5.74, 6) is -2.39. The molecule has 0 saturated carbocycles. The molecular formula is C21H21FN2O5. The van der Waals surface area contributed by atoms with Gasteiger partial charge in [-0.3, -0.25) is 14.4 Å². The van der Waals surface area contributed by atoms with Gasteiger partial charge >= 0.3 is 5.97 Å². The van der Waals surface area contributed by atoms with Gasteiger partial charge in [-0.05, 0) is 36.8 Å². The van der Waals surface area contributed by atoms with Crippen LogP contribution in [0.1, 0.15) is 12.0 Å². The number of anilines is 2. The summed E-state index contributed by atoms with van der Waals surface area (Å²) in [6.07, 6.45) is -0.0967. The molecule has 7 nitrogen and oxygen atoms in total. The quantitative estimate of drug-likeness (QED) is 0.754. The number of carbonyl (C=O) groups is 3. The number of esters is 1. The lowest BCUT2D eigenvalue weighted by Gasteiger charge is -2.17. The minimum Gasteiger partial charge on any atom is -0.495 e. The van der Waals surface area contributed by atoms with Gasteiger partial charge in [0.05, 0.1) is 24.4 Å². The first kappa shape index (κ1) is 20.3. The number of hydrogen-bond donors (Lipinski definition) is 1. The van der Waals surface area contributed by atoms with E-state index in [1.165, 1.54) is 30.2 Å². The van der Waals surface area contributed by atoms with E-state index >= 15 is 0 Å². The molecule has 2 aromatic carbocycles. The molecule has 3 rings (SSSR count). The fraction of sp³-hybridized carbons (Fsp3) is 0.286. The van der Waals surface area contributed by atoms with Crippen molar-refractivity contribution >= 4 is 29.2 Å². The number of amides is 2. The number of para-hydroxylation sites is 1. The number of hydrogen-bond acceptors (Lipinski definition) is 5. The Hall–Kier alpha value is -3.42. The van der Waals surface area contributed by atoms with Gasteiger partial charge in [0.25, 0.3) is 5.91 Å². The Bertz CT molecular complexity index is 946. The molecule has 0 aliphatic carbocycles. The van der Waals surface area contributed by atoms with Crippen LogP contribution in [0.2, 0.25) is 0 Å². The lowest BCUT2D eigenvalue weighted by atomic mass is 10.1. The number of benzene rings is 2. The second-order valence-corrected chi connectivity index (χ2v) is 6.72. The summed E-state index contributed by atoms with van der Waals surface area (Å²) in [7, 11) is 1.48. The van der Waals surface area contributed by atoms with E-state index in [1.807, 2.05) is 13.0 Å². The third-order valence-electron chi connectivity index (χ3n) is 4.58. The van der Waals surface area contributed by atoms with E-state index in [0.717, 1.165) is 5.56 Å². The molecule has 1 N–H and O–H groups in total. The summed E-state index contributed by atoms with van der Waals surface area (Å²) in [6, 6.07) is 11.2. The number of methoxy groups -OCH3 is 1. The Morgan fingerprint density at radius 1 is 1.24 bits per heavy atom. The SMILES string of the molecule is COc1ccc(C)cc1NC(=O)COC(=O)[C@@H]1CC(=O)N(c2ccccc2F)C1. The third kappa shape index (κ3) is 4.71. The standard InChI is InChI=1S/C21H21FN2O5/c1-13-7-8-18(28-2)16(9-13)23-19(25)12-29-21(27)14-10-20(26)24(11-14)17-6-4-3-5-15(17)22/h3-9,14H,10-12H2,1-2H3,(H,23,25)/t14-/m1/s1. The van der Waals surface area contributed by atoms with Crippen LogP contribution in [0, 0.1) is 18.7 Å². The van der Waals surface area contributed by atoms with Crippen LogP contribution < -0.4 is 15.0 Å². The first-order valence-corrected chi connectivity index (χ1v) is 9.05. The number of nitrogens with one attached hydrogen (secondary N) is 1. The van der Waals surface area contributed by atoms with Gasteiger partial charge < -0.3 is 19.7 Å². The Labute approximate surface area is 167 Å². The van der Waals surface area contributed by atoms with Crippen molar-refractivity contribution < 1.29 is 28.2 Å². The number of ether oxygens (including phenoxy) is 2. The van der Waals surface area contributed by atoms with Crippen molar-refractivity contribution in [2.24, 2.45) is 5.92 Å². The van der Waals surface area contributed by atoms with Gasteiger partial charge in [0, 0.05) is 13.0 Å². The van der Waals surface area contributed by atoms with Crippen LogP contribution in [0.4, 0.5) is 15.8 Å². The third-order valence-corrected chi connectivity index (χ3v) is 4.58. The molecule has 29 heavy (non-hydrogen) atoms. The molecule has 1 heterocycles. The lowest BCUT2D eigenvalue weighted by molar-refractivity contribution is -0.151. The largest absolute Gasteiger partial charge is 0.495 e. The summed E-state index contributed by atoms with van der Waals surface area (Å²) >= 11 is 0. The lowest BCUT2D eigenvalue weighted by Crippen LogP contribution is -2.28. The zero-order valence-corrected chi connectivity index (χ0v) is 16.1. The molecule has 8 heteroatoms. The number of aryl methyl sites for hydroxylation is 1. The normalized spacial score (nSPS) is 15.9. The van der Waals surface area contributed by atoms with Crippen LogP contribution in [0.25, 0.3) is 0 Å². The molecule has 0 aromatic heterocycles. The molecular weight excluding hydrogens is 379 g/mol. The van der Waals surface area contributed by atoms with Gasteiger partial charge in [-0.15, -0.1) is 0 Å². The van der Waals surface area contributed by atoms with Crippen LogP contribution in [0.5, 0.6) is 5.75 Å². The first-order valence-electron chi connectivity index (χ1n) is 9.05. The van der Waals surface area contributed by atoms with Crippen LogP contribution in [-0.2, 0) is 19.1 Å². The van der Waals surface area contributed by atoms with E-state index < -0.39 is 30.2 Å². The molecule has 0 radical (unpaired) electrons. The van der Waals surface area contributed by atoms with E-state index in [4.69, 9.17) is 9.47 Å². The summed E-state index contributed by atoms with van der Waals surface area (Å²) in [5, 5.41) is 2.63. The molecule has 1 fully saturated rings. The van der Waals surface area contributed by atoms with Crippen molar-refractivity contribution in [3.8, 4) is 5.75 Å². The highest BCUT2D eigenvalue weighted by molar-refractivity contribution is 6.00. The predicted octanol–water partition coefficient (Wildman–Crippen LogP) is 2.68. The second-order valence-electron chi connectivity index (χ2n) is 6.72. The van der Waals surface area contributed by atoms with Gasteiger partial charge in [-0.2, -0.15) is 0 Å². The average molecular weight is 400 g/mol. The maximum absolute atomic E-state index is 13.9. The summed E-state index contributed by atoms with van der Waals surface area (Å²) < 4.78 is 24.2. The molecule has 1 atom stereocenters. The van der Waals surface area contributed by atoms with Gasteiger partial charge in [0.2, 0.25) is 5.91 Å². The molecule has 0 bridgehead atoms. The van der Waals surface area contributed by atoms with Crippen molar-refractivity contribution in [3.63, 3.8) is 0 Å². The van der Waals surface area contributed by atoms with E-state index in [2.05, 4.69) is 5.32 Å². The Balaban J connectivity index is 1.56. The Kier molecular flexibility index (Phi) is 6.11. The Morgan fingerprint density at radius 2 is 2.00 bits per heavy atom. The Morgan fingerprint density at radius 3 is 2.72 bits per heavy atom. The van der Waals surface area contributed by atoms with E-state index in [0.29, 0.717) is 11.4 Å². The second kappa shape index (κ2) is 8.72. The van der Waals surface area contributed by atoms with Crippen LogP contribution >= 0.6 is 0 Å². The minimum atomic E-state index is -0.761. The van der Waals surface area contributed by atoms with Crippen LogP contribution in [-0.4, -0.2) is 38.0 Å². The number of carbonyl (C=O) groups excluding carboxylic acids is 3. The average Bonchev–Trinajstić information content (AvgIpc) is 3.08. The highest BCUT2D eigenvalue weighted by Crippen LogP contribution is 2.28. The molecule has 0 spiro atoms. The van der Waals surface area contributed by atoms with E-state index in [-0.39, 0.29) is 24.6 Å². The van der Waals surface area contributed by atoms with E-state index in [9.17, 15) is 18.8 Å². The van der Waals surface area contributed by atoms with Crippen molar-refractivity contribution in [3.05, 3.63) is 53.8 Å². The molecule has 2 aromatic rings. The van der Waals surface area contributed by atoms with Crippen molar-refractivity contribution in [1.82, 2.24) is 0 Å². The maximum Gasteiger partial charge on any atom is 0.311 e. The topological polar surface area (TPSA) is 84.9 Å². The smallest absolute Gasteiger partial charge is 0.311 e. The predicted molar refractivity (Wildman–Crippen MR) is 104 cm³/mol. The summed E-state index contributed by atoms with van der Waals surface area (Å²) in [5.41, 5.74) is 1.52. The molecule has 1 aliphatic rings. The van der Waals surface area contributed by atoms with E-state index in [1.54, 1.807) is 18.2 Å². The molecule has 0 unspecified atom stereocenters. The van der Waals surface area contributed by atoms with Gasteiger partial charge in [0.1, 0.15) is 11.6 Å².